The molecule has 0 aliphatic rings. The highest BCUT2D eigenvalue weighted by molar-refractivity contribution is 7.80. The quantitative estimate of drug-likeness (QED) is 0.210. The van der Waals surface area contributed by atoms with Crippen LogP contribution in [0.1, 0.15) is 110 Å². The van der Waals surface area contributed by atoms with Gasteiger partial charge in [-0.3, -0.25) is 0 Å². The van der Waals surface area contributed by atoms with Gasteiger partial charge in [0.05, 0.1) is 0 Å². The maximum absolute atomic E-state index is 4.24. The second kappa shape index (κ2) is 21.9. The Morgan fingerprint density at radius 2 is 0.700 bits per heavy atom. The van der Waals surface area contributed by atoms with Crippen LogP contribution in [0.3, 0.4) is 0 Å². The van der Waals surface area contributed by atoms with E-state index in [1.165, 1.54) is 103 Å². The molecule has 0 bridgehead atoms. The molecule has 0 unspecified atom stereocenters. The van der Waals surface area contributed by atoms with E-state index in [2.05, 4.69) is 19.6 Å². The van der Waals surface area contributed by atoms with E-state index in [0.717, 1.165) is 5.75 Å². The van der Waals surface area contributed by atoms with Crippen molar-refractivity contribution in [1.82, 2.24) is 0 Å². The van der Waals surface area contributed by atoms with Crippen molar-refractivity contribution in [2.75, 3.05) is 5.75 Å². The van der Waals surface area contributed by atoms with Crippen molar-refractivity contribution >= 4 is 23.6 Å². The molecular formula is C18H42SSi. The van der Waals surface area contributed by atoms with E-state index in [1.54, 1.807) is 0 Å². The zero-order chi connectivity index (χ0) is 14.0. The highest BCUT2D eigenvalue weighted by Gasteiger charge is 1.94. The summed E-state index contributed by atoms with van der Waals surface area (Å²) >= 11 is 4.24. The molecule has 0 aliphatic carbocycles. The molecule has 0 aliphatic heterocycles. The summed E-state index contributed by atoms with van der Waals surface area (Å²) < 4.78 is 0. The van der Waals surface area contributed by atoms with Crippen molar-refractivity contribution in [3.63, 3.8) is 0 Å². The average Bonchev–Trinajstić information content (AvgIpc) is 2.43. The Labute approximate surface area is 139 Å². The van der Waals surface area contributed by atoms with E-state index in [1.807, 2.05) is 0 Å². The van der Waals surface area contributed by atoms with Gasteiger partial charge >= 0.3 is 0 Å². The molecule has 0 saturated carbocycles. The Balaban J connectivity index is 0. The van der Waals surface area contributed by atoms with Crippen LogP contribution < -0.4 is 0 Å². The summed E-state index contributed by atoms with van der Waals surface area (Å²) in [5, 5.41) is 0. The Bertz CT molecular complexity index is 134. The molecule has 0 nitrogen and oxygen atoms in total. The van der Waals surface area contributed by atoms with Crippen molar-refractivity contribution in [3.05, 3.63) is 0 Å². The van der Waals surface area contributed by atoms with Gasteiger partial charge in [-0.05, 0) is 23.1 Å². The van der Waals surface area contributed by atoms with Crippen LogP contribution in [0.15, 0.2) is 0 Å². The van der Waals surface area contributed by atoms with Gasteiger partial charge < -0.3 is 0 Å². The predicted octanol–water partition coefficient (Wildman–Crippen LogP) is 5.73. The van der Waals surface area contributed by atoms with Gasteiger partial charge in [0.2, 0.25) is 0 Å². The van der Waals surface area contributed by atoms with E-state index < -0.39 is 0 Å². The summed E-state index contributed by atoms with van der Waals surface area (Å²) in [7, 11) is 0. The fourth-order valence-corrected chi connectivity index (χ4v) is 2.88. The van der Waals surface area contributed by atoms with Gasteiger partial charge in [0.25, 0.3) is 0 Å². The summed E-state index contributed by atoms with van der Waals surface area (Å²) in [5.41, 5.74) is 0. The average molecular weight is 319 g/mol. The Kier molecular flexibility index (Phi) is 25.0. The summed E-state index contributed by atoms with van der Waals surface area (Å²) in [4.78, 5) is 0. The lowest BCUT2D eigenvalue weighted by Crippen LogP contribution is -1.83. The molecule has 0 aromatic heterocycles. The van der Waals surface area contributed by atoms with Gasteiger partial charge in [0.15, 0.2) is 0 Å². The molecular weight excluding hydrogens is 276 g/mol. The molecule has 124 valence electrons. The summed E-state index contributed by atoms with van der Waals surface area (Å²) in [6, 6.07) is 0. The fraction of sp³-hybridized carbons (Fsp3) is 1.00. The van der Waals surface area contributed by atoms with Crippen molar-refractivity contribution in [3.8, 4) is 0 Å². The first-order chi connectivity index (χ1) is 9.41. The predicted molar refractivity (Wildman–Crippen MR) is 105 cm³/mol. The Morgan fingerprint density at radius 3 is 0.950 bits per heavy atom. The number of rotatable bonds is 16. The summed E-state index contributed by atoms with van der Waals surface area (Å²) in [6.45, 7) is 2.29. The molecule has 0 aromatic carbocycles. The molecule has 0 rings (SSSR count). The third kappa shape index (κ3) is 20.9. The fourth-order valence-electron chi connectivity index (χ4n) is 2.66. The third-order valence-electron chi connectivity index (χ3n) is 4.01. The minimum Gasteiger partial charge on any atom is -0.179 e. The number of hydrogen-bond acceptors (Lipinski definition) is 1. The summed E-state index contributed by atoms with van der Waals surface area (Å²) in [6.07, 6.45) is 23.1. The minimum absolute atomic E-state index is 0. The number of thiol groups is 1. The second-order valence-electron chi connectivity index (χ2n) is 6.03. The largest absolute Gasteiger partial charge is 0.179 e. The molecule has 0 amide bonds. The third-order valence-corrected chi connectivity index (χ3v) is 4.33. The highest BCUT2D eigenvalue weighted by Crippen LogP contribution is 2.13. The molecule has 0 aromatic rings. The lowest BCUT2D eigenvalue weighted by molar-refractivity contribution is 0.532. The SMILES string of the molecule is CCCCCCCCCCCCCCCCCCS.[SiH4]. The van der Waals surface area contributed by atoms with E-state index >= 15 is 0 Å². The molecule has 0 atom stereocenters. The lowest BCUT2D eigenvalue weighted by Gasteiger charge is -2.03. The summed E-state index contributed by atoms with van der Waals surface area (Å²) in [5.74, 6) is 1.07. The van der Waals surface area contributed by atoms with E-state index in [-0.39, 0.29) is 11.0 Å². The zero-order valence-electron chi connectivity index (χ0n) is 13.5. The van der Waals surface area contributed by atoms with E-state index in [4.69, 9.17) is 0 Å². The van der Waals surface area contributed by atoms with Crippen LogP contribution >= 0.6 is 12.6 Å². The van der Waals surface area contributed by atoms with Crippen LogP contribution in [-0.4, -0.2) is 16.7 Å². The Morgan fingerprint density at radius 1 is 0.450 bits per heavy atom. The molecule has 0 saturated heterocycles. The topological polar surface area (TPSA) is 0 Å². The lowest BCUT2D eigenvalue weighted by atomic mass is 10.0. The molecule has 0 spiro atoms. The van der Waals surface area contributed by atoms with Crippen molar-refractivity contribution < 1.29 is 0 Å². The number of hydrogen-bond donors (Lipinski definition) is 1. The van der Waals surface area contributed by atoms with Crippen LogP contribution in [0.25, 0.3) is 0 Å². The minimum atomic E-state index is 0. The second-order valence-corrected chi connectivity index (χ2v) is 6.47. The zero-order valence-corrected chi connectivity index (χ0v) is 14.4. The maximum Gasteiger partial charge on any atom is -0.00979 e. The van der Waals surface area contributed by atoms with E-state index in [0.29, 0.717) is 0 Å². The standard InChI is InChI=1S/C18H38S.H4Si/c1-2-3-4-5-6-7-8-9-10-11-12-13-14-15-16-17-18-19;/h19H,2-18H2,1H3;1H4. The van der Waals surface area contributed by atoms with Crippen LogP contribution in [0.4, 0.5) is 0 Å². The smallest absolute Gasteiger partial charge is 0.00979 e. The molecule has 0 fully saturated rings. The number of unbranched alkanes of at least 4 members (excludes halogenated alkanes) is 15. The van der Waals surface area contributed by atoms with Crippen molar-refractivity contribution in [1.29, 1.82) is 0 Å². The molecule has 0 radical (unpaired) electrons. The van der Waals surface area contributed by atoms with Gasteiger partial charge in [-0.2, -0.15) is 12.6 Å². The van der Waals surface area contributed by atoms with Gasteiger partial charge in [0.1, 0.15) is 0 Å². The first kappa shape index (κ1) is 22.8. The first-order valence-corrected chi connectivity index (χ1v) is 9.66. The van der Waals surface area contributed by atoms with Crippen molar-refractivity contribution in [2.45, 2.75) is 110 Å². The molecule has 20 heavy (non-hydrogen) atoms. The van der Waals surface area contributed by atoms with Gasteiger partial charge in [-0.25, -0.2) is 0 Å². The highest BCUT2D eigenvalue weighted by atomic mass is 32.1. The van der Waals surface area contributed by atoms with Crippen molar-refractivity contribution in [2.24, 2.45) is 0 Å². The Hall–Kier alpha value is 0.567. The van der Waals surface area contributed by atoms with E-state index in [9.17, 15) is 0 Å². The maximum atomic E-state index is 4.24. The molecule has 0 heterocycles. The van der Waals surface area contributed by atoms with Crippen LogP contribution in [0.2, 0.25) is 0 Å². The van der Waals surface area contributed by atoms with Crippen LogP contribution in [0.5, 0.6) is 0 Å². The molecule has 2 heteroatoms. The van der Waals surface area contributed by atoms with Gasteiger partial charge in [-0.15, -0.1) is 0 Å². The van der Waals surface area contributed by atoms with Crippen LogP contribution in [-0.2, 0) is 0 Å². The molecule has 0 N–H and O–H groups in total. The van der Waals surface area contributed by atoms with Crippen LogP contribution in [0, 0.1) is 0 Å². The van der Waals surface area contributed by atoms with Gasteiger partial charge in [-0.1, -0.05) is 103 Å². The first-order valence-electron chi connectivity index (χ1n) is 9.02. The monoisotopic (exact) mass is 318 g/mol. The normalized spacial score (nSPS) is 10.5. The van der Waals surface area contributed by atoms with Gasteiger partial charge in [0, 0.05) is 0 Å².